The van der Waals surface area contributed by atoms with E-state index in [9.17, 15) is 4.79 Å². The molecule has 4 rings (SSSR count). The van der Waals surface area contributed by atoms with Crippen LogP contribution in [0.2, 0.25) is 5.02 Å². The van der Waals surface area contributed by atoms with E-state index in [2.05, 4.69) is 32.1 Å². The Morgan fingerprint density at radius 3 is 2.43 bits per heavy atom. The fourth-order valence-corrected chi connectivity index (χ4v) is 4.39. The summed E-state index contributed by atoms with van der Waals surface area (Å²) in [5.41, 5.74) is 4.52. The van der Waals surface area contributed by atoms with Crippen molar-refractivity contribution >= 4 is 45.6 Å². The van der Waals surface area contributed by atoms with Gasteiger partial charge in [0.25, 0.3) is 5.91 Å². The zero-order valence-electron chi connectivity index (χ0n) is 17.1. The summed E-state index contributed by atoms with van der Waals surface area (Å²) in [7, 11) is 0. The third kappa shape index (κ3) is 4.55. The first kappa shape index (κ1) is 20.6. The number of hydrogen-bond donors (Lipinski definition) is 1. The van der Waals surface area contributed by atoms with Crippen LogP contribution in [0.4, 0.5) is 16.8 Å². The van der Waals surface area contributed by atoms with E-state index in [1.54, 1.807) is 5.38 Å². The van der Waals surface area contributed by atoms with Gasteiger partial charge in [-0.05, 0) is 44.5 Å². The van der Waals surface area contributed by atoms with Crippen LogP contribution < -0.4 is 10.2 Å². The van der Waals surface area contributed by atoms with Gasteiger partial charge in [-0.1, -0.05) is 17.7 Å². The second kappa shape index (κ2) is 8.57. The summed E-state index contributed by atoms with van der Waals surface area (Å²) in [6, 6.07) is 7.82. The number of hydrogen-bond acceptors (Lipinski definition) is 7. The number of thiazole rings is 1. The highest BCUT2D eigenvalue weighted by molar-refractivity contribution is 7.14. The topological polar surface area (TPSA) is 74.2 Å². The molecule has 1 saturated heterocycles. The Morgan fingerprint density at radius 1 is 1.03 bits per heavy atom. The minimum Gasteiger partial charge on any atom is -0.368 e. The number of benzene rings is 1. The zero-order valence-corrected chi connectivity index (χ0v) is 18.7. The van der Waals surface area contributed by atoms with Crippen LogP contribution in [0.25, 0.3) is 0 Å². The molecule has 156 valence electrons. The highest BCUT2D eigenvalue weighted by Crippen LogP contribution is 2.26. The highest BCUT2D eigenvalue weighted by Gasteiger charge is 2.25. The predicted molar refractivity (Wildman–Crippen MR) is 121 cm³/mol. The maximum absolute atomic E-state index is 12.9. The van der Waals surface area contributed by atoms with Gasteiger partial charge in [0, 0.05) is 53.7 Å². The monoisotopic (exact) mass is 442 g/mol. The van der Waals surface area contributed by atoms with Gasteiger partial charge in [0.05, 0.1) is 0 Å². The maximum Gasteiger partial charge on any atom is 0.273 e. The van der Waals surface area contributed by atoms with Crippen molar-refractivity contribution in [2.24, 2.45) is 0 Å². The van der Waals surface area contributed by atoms with Crippen LogP contribution >= 0.6 is 22.9 Å². The number of anilines is 3. The van der Waals surface area contributed by atoms with Crippen LogP contribution in [0.5, 0.6) is 0 Å². The lowest BCUT2D eigenvalue weighted by molar-refractivity contribution is 0.0742. The van der Waals surface area contributed by atoms with Crippen molar-refractivity contribution in [3.63, 3.8) is 0 Å². The Balaban J connectivity index is 1.39. The number of aryl methyl sites for hydroxylation is 3. The van der Waals surface area contributed by atoms with Crippen molar-refractivity contribution in [3.8, 4) is 0 Å². The molecule has 0 saturated carbocycles. The first-order valence-corrected chi connectivity index (χ1v) is 11.0. The Morgan fingerprint density at radius 2 is 1.73 bits per heavy atom. The van der Waals surface area contributed by atoms with Crippen molar-refractivity contribution in [3.05, 3.63) is 57.3 Å². The summed E-state index contributed by atoms with van der Waals surface area (Å²) in [5.74, 6) is 0.439. The molecule has 0 radical (unpaired) electrons. The van der Waals surface area contributed by atoms with E-state index in [4.69, 9.17) is 11.6 Å². The van der Waals surface area contributed by atoms with Gasteiger partial charge in [0.1, 0.15) is 5.69 Å². The molecule has 0 spiro atoms. The molecule has 0 aliphatic carbocycles. The number of carbonyl (C=O) groups excluding carboxylic acids is 1. The summed E-state index contributed by atoms with van der Waals surface area (Å²) in [6.07, 6.45) is 0. The lowest BCUT2D eigenvalue weighted by Gasteiger charge is -2.36. The van der Waals surface area contributed by atoms with Crippen molar-refractivity contribution in [2.75, 3.05) is 36.4 Å². The molecular formula is C21H23ClN6OS. The largest absolute Gasteiger partial charge is 0.368 e. The zero-order chi connectivity index (χ0) is 21.3. The van der Waals surface area contributed by atoms with E-state index in [0.29, 0.717) is 29.9 Å². The number of piperazine rings is 1. The number of halogens is 1. The molecule has 30 heavy (non-hydrogen) atoms. The smallest absolute Gasteiger partial charge is 0.273 e. The number of aromatic nitrogens is 3. The van der Waals surface area contributed by atoms with Gasteiger partial charge in [-0.25, -0.2) is 15.0 Å². The maximum atomic E-state index is 12.9. The van der Waals surface area contributed by atoms with Gasteiger partial charge < -0.3 is 15.1 Å². The van der Waals surface area contributed by atoms with Gasteiger partial charge >= 0.3 is 0 Å². The lowest BCUT2D eigenvalue weighted by atomic mass is 10.1. The van der Waals surface area contributed by atoms with Crippen LogP contribution in [-0.2, 0) is 0 Å². The van der Waals surface area contributed by atoms with Crippen LogP contribution in [0, 0.1) is 20.8 Å². The van der Waals surface area contributed by atoms with Crippen LogP contribution in [0.15, 0.2) is 29.6 Å². The van der Waals surface area contributed by atoms with Crippen LogP contribution in [0.3, 0.4) is 0 Å². The van der Waals surface area contributed by atoms with Crippen molar-refractivity contribution in [1.82, 2.24) is 19.9 Å². The van der Waals surface area contributed by atoms with E-state index in [1.165, 1.54) is 16.9 Å². The molecule has 1 fully saturated rings. The van der Waals surface area contributed by atoms with Gasteiger partial charge in [-0.3, -0.25) is 4.79 Å². The van der Waals surface area contributed by atoms with Crippen molar-refractivity contribution in [2.45, 2.75) is 20.8 Å². The Hall–Kier alpha value is -2.71. The van der Waals surface area contributed by atoms with E-state index in [0.717, 1.165) is 35.2 Å². The molecule has 1 N–H and O–H groups in total. The Kier molecular flexibility index (Phi) is 5.87. The standard InChI is InChI=1S/C21H23ClN6OS/c1-13-4-5-16(22)11-18(13)27-6-8-28(9-7-27)19(29)17-12-30-21(25-17)26-20-23-14(2)10-15(3)24-20/h4-5,10-12H,6-9H2,1-3H3,(H,23,24,25,26). The predicted octanol–water partition coefficient (Wildman–Crippen LogP) is 4.22. The van der Waals surface area contributed by atoms with Crippen LogP contribution in [-0.4, -0.2) is 51.9 Å². The van der Waals surface area contributed by atoms with Crippen LogP contribution in [0.1, 0.15) is 27.4 Å². The molecule has 1 aliphatic heterocycles. The molecule has 0 unspecified atom stereocenters. The summed E-state index contributed by atoms with van der Waals surface area (Å²) >= 11 is 7.53. The summed E-state index contributed by atoms with van der Waals surface area (Å²) in [6.45, 7) is 8.72. The van der Waals surface area contributed by atoms with Gasteiger partial charge in [-0.15, -0.1) is 11.3 Å². The number of nitrogens with one attached hydrogen (secondary N) is 1. The van der Waals surface area contributed by atoms with E-state index >= 15 is 0 Å². The molecule has 9 heteroatoms. The first-order chi connectivity index (χ1) is 14.4. The third-order valence-electron chi connectivity index (χ3n) is 5.00. The molecule has 7 nitrogen and oxygen atoms in total. The highest BCUT2D eigenvalue weighted by atomic mass is 35.5. The van der Waals surface area contributed by atoms with Gasteiger partial charge in [0.2, 0.25) is 5.95 Å². The number of rotatable bonds is 4. The summed E-state index contributed by atoms with van der Waals surface area (Å²) in [5, 5.41) is 6.21. The Labute approximate surface area is 184 Å². The Bertz CT molecular complexity index is 1060. The average Bonchev–Trinajstić information content (AvgIpc) is 3.17. The quantitative estimate of drug-likeness (QED) is 0.652. The molecule has 1 aliphatic rings. The molecule has 0 atom stereocenters. The summed E-state index contributed by atoms with van der Waals surface area (Å²) in [4.78, 5) is 30.2. The fraction of sp³-hybridized carbons (Fsp3) is 0.333. The minimum atomic E-state index is -0.0527. The fourth-order valence-electron chi connectivity index (χ4n) is 3.54. The molecule has 0 bridgehead atoms. The second-order valence-electron chi connectivity index (χ2n) is 7.35. The number of amides is 1. The third-order valence-corrected chi connectivity index (χ3v) is 6.00. The average molecular weight is 443 g/mol. The molecule has 1 aromatic carbocycles. The first-order valence-electron chi connectivity index (χ1n) is 9.74. The second-order valence-corrected chi connectivity index (χ2v) is 8.64. The van der Waals surface area contributed by atoms with E-state index in [1.807, 2.05) is 43.0 Å². The molecule has 3 heterocycles. The van der Waals surface area contributed by atoms with Crippen molar-refractivity contribution in [1.29, 1.82) is 0 Å². The minimum absolute atomic E-state index is 0.0527. The van der Waals surface area contributed by atoms with E-state index in [-0.39, 0.29) is 5.91 Å². The van der Waals surface area contributed by atoms with Crippen molar-refractivity contribution < 1.29 is 4.79 Å². The summed E-state index contributed by atoms with van der Waals surface area (Å²) < 4.78 is 0. The lowest BCUT2D eigenvalue weighted by Crippen LogP contribution is -2.49. The van der Waals surface area contributed by atoms with Gasteiger partial charge in [-0.2, -0.15) is 0 Å². The number of carbonyl (C=O) groups is 1. The van der Waals surface area contributed by atoms with E-state index < -0.39 is 0 Å². The normalized spacial score (nSPS) is 14.1. The molecule has 1 amide bonds. The molecule has 3 aromatic rings. The van der Waals surface area contributed by atoms with Gasteiger partial charge in [0.15, 0.2) is 5.13 Å². The molecule has 2 aromatic heterocycles. The molecular weight excluding hydrogens is 420 g/mol. The number of nitrogens with zero attached hydrogens (tertiary/aromatic N) is 5. The SMILES string of the molecule is Cc1cc(C)nc(Nc2nc(C(=O)N3CCN(c4cc(Cl)ccc4C)CC3)cs2)n1.